The number of nitrogens with one attached hydrogen (secondary N) is 4. The number of aromatic hydroxyl groups is 1. The summed E-state index contributed by atoms with van der Waals surface area (Å²) in [4.78, 5) is 63.6. The number of benzene rings is 2. The van der Waals surface area contributed by atoms with E-state index >= 15 is 0 Å². The van der Waals surface area contributed by atoms with E-state index in [1.54, 1.807) is 49.4 Å². The molecule has 1 unspecified atom stereocenters. The Hall–Kier alpha value is -4.54. The van der Waals surface area contributed by atoms with E-state index < -0.39 is 81.3 Å². The van der Waals surface area contributed by atoms with Crippen molar-refractivity contribution in [3.8, 4) is 5.75 Å². The first-order valence-corrected chi connectivity index (χ1v) is 18.7. The van der Waals surface area contributed by atoms with Crippen LogP contribution >= 0.6 is 0 Å². The second kappa shape index (κ2) is 19.9. The molecular weight excluding hydrogens is 694 g/mol. The zero-order valence-corrected chi connectivity index (χ0v) is 31.3. The van der Waals surface area contributed by atoms with Gasteiger partial charge in [-0.2, -0.15) is 8.42 Å². The van der Waals surface area contributed by atoms with Crippen molar-refractivity contribution in [1.82, 2.24) is 21.3 Å². The summed E-state index contributed by atoms with van der Waals surface area (Å²) in [6.45, 7) is 7.50. The molecule has 288 valence electrons. The number of esters is 1. The highest BCUT2D eigenvalue weighted by atomic mass is 32.2. The Morgan fingerprint density at radius 2 is 1.40 bits per heavy atom. The third-order valence-electron chi connectivity index (χ3n) is 7.94. The van der Waals surface area contributed by atoms with Gasteiger partial charge in [-0.15, -0.1) is 0 Å². The van der Waals surface area contributed by atoms with Gasteiger partial charge in [0, 0.05) is 6.42 Å². The number of hydrogen-bond acceptors (Lipinski definition) is 10. The number of amides is 4. The predicted molar refractivity (Wildman–Crippen MR) is 194 cm³/mol. The number of phenols is 1. The lowest BCUT2D eigenvalue weighted by atomic mass is 10.0. The van der Waals surface area contributed by atoms with Crippen LogP contribution in [0, 0.1) is 0 Å². The Labute approximate surface area is 305 Å². The lowest BCUT2D eigenvalue weighted by Crippen LogP contribution is -2.64. The van der Waals surface area contributed by atoms with Crippen LogP contribution in [0.2, 0.25) is 0 Å². The summed E-state index contributed by atoms with van der Waals surface area (Å²) in [6, 6.07) is 11.1. The molecule has 4 amide bonds. The van der Waals surface area contributed by atoms with Gasteiger partial charge in [0.1, 0.15) is 23.4 Å². The smallest absolute Gasteiger partial charge is 0.351 e. The number of hydrogen-bond donors (Lipinski definition) is 7. The van der Waals surface area contributed by atoms with Crippen LogP contribution in [0.25, 0.3) is 0 Å². The van der Waals surface area contributed by atoms with E-state index in [-0.39, 0.29) is 31.4 Å². The maximum atomic E-state index is 13.8. The zero-order valence-electron chi connectivity index (χ0n) is 30.4. The molecule has 8 N–H and O–H groups in total. The highest BCUT2D eigenvalue weighted by Crippen LogP contribution is 2.26. The molecule has 2 aromatic rings. The molecule has 15 nitrogen and oxygen atoms in total. The fraction of sp³-hybridized carbons (Fsp3) is 0.528. The third-order valence-corrected chi connectivity index (χ3v) is 9.30. The minimum Gasteiger partial charge on any atom is -0.508 e. The van der Waals surface area contributed by atoms with Crippen LogP contribution in [0.15, 0.2) is 54.6 Å². The van der Waals surface area contributed by atoms with Crippen molar-refractivity contribution >= 4 is 39.7 Å². The highest BCUT2D eigenvalue weighted by molar-refractivity contribution is 7.88. The summed E-state index contributed by atoms with van der Waals surface area (Å²) in [6.07, 6.45) is 1.54. The molecule has 0 fully saturated rings. The van der Waals surface area contributed by atoms with E-state index in [4.69, 9.17) is 10.5 Å². The molecule has 0 spiro atoms. The quantitative estimate of drug-likeness (QED) is 0.0763. The summed E-state index contributed by atoms with van der Waals surface area (Å²) in [7, 11) is -5.30. The van der Waals surface area contributed by atoms with Gasteiger partial charge < -0.3 is 36.8 Å². The van der Waals surface area contributed by atoms with E-state index in [1.807, 2.05) is 6.92 Å². The van der Waals surface area contributed by atoms with E-state index in [1.165, 1.54) is 32.9 Å². The maximum absolute atomic E-state index is 13.8. The standard InChI is InChI=1S/C36H53N5O10S/c1-6-8-15-28(40-31(44)27(37)21-25-16-18-26(42)19-17-25)32(45)38-23-30(43)39-29(22-24-13-11-10-12-14-24)33(46)41-36(20-9-7-2,52(48,49)50)34(47)51-35(3,4)5/h10-14,16-19,27-29,42H,6-9,15,20-23,37H2,1-5H3,(H,38,45)(H,39,43)(H,40,44)(H,41,46)(H,48,49,50)/t27-,28+,29-,36?/m0/s1. The Balaban J connectivity index is 2.25. The number of carbonyl (C=O) groups is 5. The molecule has 0 aliphatic heterocycles. The second-order valence-corrected chi connectivity index (χ2v) is 15.3. The number of carbonyl (C=O) groups excluding carboxylic acids is 5. The molecular formula is C36H53N5O10S. The van der Waals surface area contributed by atoms with Gasteiger partial charge in [-0.25, -0.2) is 4.79 Å². The van der Waals surface area contributed by atoms with Gasteiger partial charge in [0.25, 0.3) is 4.87 Å². The van der Waals surface area contributed by atoms with E-state index in [2.05, 4.69) is 21.3 Å². The Morgan fingerprint density at radius 1 is 0.808 bits per heavy atom. The van der Waals surface area contributed by atoms with Gasteiger partial charge >= 0.3 is 16.1 Å². The highest BCUT2D eigenvalue weighted by Gasteiger charge is 2.54. The van der Waals surface area contributed by atoms with Crippen molar-refractivity contribution in [2.45, 2.75) is 115 Å². The molecule has 0 heterocycles. The van der Waals surface area contributed by atoms with Gasteiger partial charge in [-0.1, -0.05) is 75.6 Å². The van der Waals surface area contributed by atoms with Crippen molar-refractivity contribution in [2.24, 2.45) is 5.73 Å². The fourth-order valence-electron chi connectivity index (χ4n) is 5.12. The third kappa shape index (κ3) is 13.9. The summed E-state index contributed by atoms with van der Waals surface area (Å²) >= 11 is 0. The van der Waals surface area contributed by atoms with Crippen molar-refractivity contribution in [2.75, 3.05) is 6.54 Å². The van der Waals surface area contributed by atoms with Crippen LogP contribution in [0.5, 0.6) is 5.75 Å². The molecule has 2 aromatic carbocycles. The molecule has 4 atom stereocenters. The van der Waals surface area contributed by atoms with Crippen LogP contribution in [-0.2, 0) is 51.7 Å². The van der Waals surface area contributed by atoms with E-state index in [0.717, 1.165) is 0 Å². The maximum Gasteiger partial charge on any atom is 0.351 e. The number of rotatable bonds is 20. The van der Waals surface area contributed by atoms with Crippen LogP contribution in [0.3, 0.4) is 0 Å². The van der Waals surface area contributed by atoms with Crippen LogP contribution in [-0.4, -0.2) is 82.8 Å². The van der Waals surface area contributed by atoms with Crippen LogP contribution in [0.1, 0.15) is 84.3 Å². The molecule has 0 saturated heterocycles. The normalized spacial score (nSPS) is 14.5. The van der Waals surface area contributed by atoms with E-state index in [0.29, 0.717) is 30.4 Å². The topological polar surface area (TPSA) is 243 Å². The van der Waals surface area contributed by atoms with Crippen molar-refractivity contribution in [3.05, 3.63) is 65.7 Å². The first-order valence-electron chi connectivity index (χ1n) is 17.3. The first kappa shape index (κ1) is 43.6. The molecule has 52 heavy (non-hydrogen) atoms. The number of unbranched alkanes of at least 4 members (excludes halogenated alkanes) is 2. The molecule has 0 aliphatic carbocycles. The second-order valence-electron chi connectivity index (χ2n) is 13.6. The lowest BCUT2D eigenvalue weighted by Gasteiger charge is -2.33. The Kier molecular flexibility index (Phi) is 16.7. The molecule has 0 aliphatic rings. The van der Waals surface area contributed by atoms with Gasteiger partial charge in [-0.05, 0) is 69.7 Å². The molecule has 0 aromatic heterocycles. The van der Waals surface area contributed by atoms with Crippen molar-refractivity contribution < 1.29 is 46.8 Å². The summed E-state index contributed by atoms with van der Waals surface area (Å²) in [5, 5.41) is 19.3. The molecule has 0 radical (unpaired) electrons. The first-order chi connectivity index (χ1) is 24.3. The van der Waals surface area contributed by atoms with Crippen molar-refractivity contribution in [1.29, 1.82) is 0 Å². The summed E-state index contributed by atoms with van der Waals surface area (Å²) in [5.74, 6) is -4.52. The molecule has 16 heteroatoms. The van der Waals surface area contributed by atoms with Gasteiger partial charge in [0.05, 0.1) is 12.6 Å². The number of phenolic OH excluding ortho intramolecular Hbond substituents is 1. The van der Waals surface area contributed by atoms with Crippen molar-refractivity contribution in [3.63, 3.8) is 0 Å². The van der Waals surface area contributed by atoms with Crippen LogP contribution < -0.4 is 27.0 Å². The lowest BCUT2D eigenvalue weighted by molar-refractivity contribution is -0.161. The van der Waals surface area contributed by atoms with Gasteiger partial charge in [0.15, 0.2) is 0 Å². The minimum absolute atomic E-state index is 0.0631. The Bertz CT molecular complexity index is 1610. The monoisotopic (exact) mass is 747 g/mol. The van der Waals surface area contributed by atoms with Gasteiger partial charge in [0.2, 0.25) is 23.6 Å². The van der Waals surface area contributed by atoms with Gasteiger partial charge in [-0.3, -0.25) is 23.7 Å². The Morgan fingerprint density at radius 3 is 1.96 bits per heavy atom. The summed E-state index contributed by atoms with van der Waals surface area (Å²) in [5.41, 5.74) is 6.18. The predicted octanol–water partition coefficient (Wildman–Crippen LogP) is 2.01. The van der Waals surface area contributed by atoms with E-state index in [9.17, 15) is 42.0 Å². The minimum atomic E-state index is -5.30. The molecule has 0 bridgehead atoms. The number of nitrogens with two attached hydrogens (primary N) is 1. The SMILES string of the molecule is CCCC[C@@H](NC(=O)[C@@H](N)Cc1ccc(O)cc1)C(=O)NCC(=O)N[C@@H](Cc1ccccc1)C(=O)NC(CCCC)(C(=O)OC(C)(C)C)S(=O)(=O)O. The molecule has 2 rings (SSSR count). The molecule has 0 saturated carbocycles. The average molecular weight is 748 g/mol. The zero-order chi connectivity index (χ0) is 39.1. The number of ether oxygens (including phenoxy) is 1. The largest absolute Gasteiger partial charge is 0.508 e. The average Bonchev–Trinajstić information content (AvgIpc) is 3.06. The fourth-order valence-corrected chi connectivity index (χ4v) is 6.00. The summed E-state index contributed by atoms with van der Waals surface area (Å²) < 4.78 is 41.3. The van der Waals surface area contributed by atoms with Crippen LogP contribution in [0.4, 0.5) is 0 Å².